The van der Waals surface area contributed by atoms with Crippen molar-refractivity contribution in [2.45, 2.75) is 25.3 Å². The maximum absolute atomic E-state index is 12.8. The van der Waals surface area contributed by atoms with Crippen LogP contribution in [0.5, 0.6) is 0 Å². The normalized spacial score (nSPS) is 22.9. The molecule has 1 aromatic rings. The van der Waals surface area contributed by atoms with Crippen LogP contribution in [0.2, 0.25) is 0 Å². The monoisotopic (exact) mass is 254 g/mol. The zero-order chi connectivity index (χ0) is 11.8. The summed E-state index contributed by atoms with van der Waals surface area (Å²) < 4.78 is 49.6. The first-order valence-corrected chi connectivity index (χ1v) is 5.71. The highest BCUT2D eigenvalue weighted by Crippen LogP contribution is 2.30. The molecule has 90 valence electrons. The lowest BCUT2D eigenvalue weighted by molar-refractivity contribution is -0.140. The van der Waals surface area contributed by atoms with Crippen molar-refractivity contribution >= 4 is 11.3 Å². The van der Waals surface area contributed by atoms with E-state index in [0.717, 1.165) is 16.7 Å². The van der Waals surface area contributed by atoms with Gasteiger partial charge in [-0.05, 0) is 6.42 Å². The molecule has 0 aromatic carbocycles. The molecule has 0 N–H and O–H groups in total. The van der Waals surface area contributed by atoms with Crippen molar-refractivity contribution in [2.24, 2.45) is 0 Å². The third-order valence-electron chi connectivity index (χ3n) is 2.42. The van der Waals surface area contributed by atoms with E-state index in [4.69, 9.17) is 0 Å². The summed E-state index contributed by atoms with van der Waals surface area (Å²) in [5.74, 6) is 0. The van der Waals surface area contributed by atoms with E-state index >= 15 is 0 Å². The van der Waals surface area contributed by atoms with Crippen LogP contribution >= 0.6 is 11.3 Å². The number of alkyl halides is 4. The minimum Gasteiger partial charge on any atom is -0.294 e. The molecule has 1 fully saturated rings. The quantitative estimate of drug-likeness (QED) is 0.754. The molecule has 2 rings (SSSR count). The Labute approximate surface area is 93.9 Å². The molecule has 1 unspecified atom stereocenters. The van der Waals surface area contributed by atoms with Gasteiger partial charge in [0.2, 0.25) is 0 Å². The van der Waals surface area contributed by atoms with Crippen LogP contribution in [0.15, 0.2) is 5.38 Å². The summed E-state index contributed by atoms with van der Waals surface area (Å²) in [5, 5.41) is 1.39. The second-order valence-corrected chi connectivity index (χ2v) is 4.69. The third kappa shape index (κ3) is 2.70. The van der Waals surface area contributed by atoms with Crippen molar-refractivity contribution in [3.8, 4) is 0 Å². The van der Waals surface area contributed by atoms with Crippen molar-refractivity contribution < 1.29 is 17.6 Å². The van der Waals surface area contributed by atoms with Crippen molar-refractivity contribution in [2.75, 3.05) is 13.1 Å². The molecule has 16 heavy (non-hydrogen) atoms. The Kier molecular flexibility index (Phi) is 3.16. The summed E-state index contributed by atoms with van der Waals surface area (Å²) >= 11 is 0.969. The standard InChI is InChI=1S/C9H10F4N2S/c10-6-1-2-15(3-6)4-8-14-7(5-16-8)9(11,12)13/h5-6H,1-4H2. The van der Waals surface area contributed by atoms with E-state index in [9.17, 15) is 17.6 Å². The first-order valence-electron chi connectivity index (χ1n) is 4.83. The predicted molar refractivity (Wildman–Crippen MR) is 51.9 cm³/mol. The predicted octanol–water partition coefficient (Wildman–Crippen LogP) is 2.71. The highest BCUT2D eigenvalue weighted by Gasteiger charge is 2.34. The van der Waals surface area contributed by atoms with Crippen LogP contribution in [-0.4, -0.2) is 29.1 Å². The summed E-state index contributed by atoms with van der Waals surface area (Å²) in [6, 6.07) is 0. The van der Waals surface area contributed by atoms with Crippen LogP contribution in [0.4, 0.5) is 17.6 Å². The number of rotatable bonds is 2. The minimum absolute atomic E-state index is 0.293. The van der Waals surface area contributed by atoms with Crippen LogP contribution in [0.1, 0.15) is 17.1 Å². The molecule has 0 spiro atoms. The number of likely N-dealkylation sites (tertiary alicyclic amines) is 1. The first kappa shape index (κ1) is 11.8. The number of aromatic nitrogens is 1. The van der Waals surface area contributed by atoms with Crippen LogP contribution in [0.3, 0.4) is 0 Å². The molecule has 2 heterocycles. The van der Waals surface area contributed by atoms with Crippen molar-refractivity contribution in [3.05, 3.63) is 16.1 Å². The average molecular weight is 254 g/mol. The molecule has 0 amide bonds. The Morgan fingerprint density at radius 2 is 2.25 bits per heavy atom. The Morgan fingerprint density at radius 1 is 1.50 bits per heavy atom. The van der Waals surface area contributed by atoms with Crippen LogP contribution < -0.4 is 0 Å². The molecule has 1 aromatic heterocycles. The van der Waals surface area contributed by atoms with Gasteiger partial charge >= 0.3 is 6.18 Å². The number of hydrogen-bond donors (Lipinski definition) is 0. The molecule has 0 bridgehead atoms. The van der Waals surface area contributed by atoms with Gasteiger partial charge in [0.25, 0.3) is 0 Å². The van der Waals surface area contributed by atoms with Crippen LogP contribution in [0, 0.1) is 0 Å². The lowest BCUT2D eigenvalue weighted by Crippen LogP contribution is -2.20. The van der Waals surface area contributed by atoms with Gasteiger partial charge in [-0.15, -0.1) is 11.3 Å². The first-order chi connectivity index (χ1) is 7.45. The molecular formula is C9H10F4N2S. The Morgan fingerprint density at radius 3 is 2.75 bits per heavy atom. The summed E-state index contributed by atoms with van der Waals surface area (Å²) in [6.45, 7) is 1.18. The molecule has 0 radical (unpaired) electrons. The van der Waals surface area contributed by atoms with Crippen LogP contribution in [0.25, 0.3) is 0 Å². The molecule has 1 aliphatic heterocycles. The van der Waals surface area contributed by atoms with E-state index < -0.39 is 18.0 Å². The van der Waals surface area contributed by atoms with Gasteiger partial charge in [-0.3, -0.25) is 4.90 Å². The van der Waals surface area contributed by atoms with E-state index in [1.807, 2.05) is 0 Å². The van der Waals surface area contributed by atoms with Gasteiger partial charge in [0.15, 0.2) is 5.69 Å². The molecule has 0 saturated carbocycles. The van der Waals surface area contributed by atoms with Crippen molar-refractivity contribution in [1.29, 1.82) is 0 Å². The minimum atomic E-state index is -4.39. The van der Waals surface area contributed by atoms with Gasteiger partial charge in [-0.2, -0.15) is 13.2 Å². The third-order valence-corrected chi connectivity index (χ3v) is 3.25. The summed E-state index contributed by atoms with van der Waals surface area (Å²) in [7, 11) is 0. The van der Waals surface area contributed by atoms with E-state index in [1.54, 1.807) is 4.90 Å². The zero-order valence-electron chi connectivity index (χ0n) is 8.30. The number of thiazole rings is 1. The Hall–Kier alpha value is -0.690. The van der Waals surface area contributed by atoms with Gasteiger partial charge < -0.3 is 0 Å². The van der Waals surface area contributed by atoms with Crippen molar-refractivity contribution in [3.63, 3.8) is 0 Å². The fourth-order valence-corrected chi connectivity index (χ4v) is 2.48. The van der Waals surface area contributed by atoms with Gasteiger partial charge in [-0.1, -0.05) is 0 Å². The number of nitrogens with zero attached hydrogens (tertiary/aromatic N) is 2. The van der Waals surface area contributed by atoms with Gasteiger partial charge in [0.05, 0.1) is 6.54 Å². The highest BCUT2D eigenvalue weighted by molar-refractivity contribution is 7.09. The lowest BCUT2D eigenvalue weighted by atomic mass is 10.3. The summed E-state index contributed by atoms with van der Waals surface area (Å²) in [5.41, 5.74) is -0.858. The SMILES string of the molecule is FC1CCN(Cc2nc(C(F)(F)F)cs2)C1. The highest BCUT2D eigenvalue weighted by atomic mass is 32.1. The average Bonchev–Trinajstić information content (AvgIpc) is 2.74. The largest absolute Gasteiger partial charge is 0.434 e. The molecule has 1 atom stereocenters. The van der Waals surface area contributed by atoms with E-state index in [-0.39, 0.29) is 0 Å². The Balaban J connectivity index is 1.98. The molecule has 7 heteroatoms. The Bertz CT molecular complexity index is 363. The van der Waals surface area contributed by atoms with E-state index in [0.29, 0.717) is 31.1 Å². The summed E-state index contributed by atoms with van der Waals surface area (Å²) in [6.07, 6.45) is -4.79. The second-order valence-electron chi connectivity index (χ2n) is 3.75. The number of hydrogen-bond acceptors (Lipinski definition) is 3. The molecule has 1 saturated heterocycles. The van der Waals surface area contributed by atoms with E-state index in [2.05, 4.69) is 4.98 Å². The fourth-order valence-electron chi connectivity index (χ4n) is 1.63. The maximum Gasteiger partial charge on any atom is 0.434 e. The maximum atomic E-state index is 12.8. The van der Waals surface area contributed by atoms with Gasteiger partial charge in [-0.25, -0.2) is 9.37 Å². The molecular weight excluding hydrogens is 244 g/mol. The summed E-state index contributed by atoms with van der Waals surface area (Å²) in [4.78, 5) is 5.28. The molecule has 1 aliphatic rings. The zero-order valence-corrected chi connectivity index (χ0v) is 9.11. The van der Waals surface area contributed by atoms with Gasteiger partial charge in [0, 0.05) is 18.5 Å². The van der Waals surface area contributed by atoms with Crippen molar-refractivity contribution in [1.82, 2.24) is 9.88 Å². The lowest BCUT2D eigenvalue weighted by Gasteiger charge is -2.11. The van der Waals surface area contributed by atoms with Crippen LogP contribution in [-0.2, 0) is 12.7 Å². The molecule has 2 nitrogen and oxygen atoms in total. The number of halogens is 4. The van der Waals surface area contributed by atoms with Gasteiger partial charge in [0.1, 0.15) is 11.2 Å². The second kappa shape index (κ2) is 4.29. The fraction of sp³-hybridized carbons (Fsp3) is 0.667. The smallest absolute Gasteiger partial charge is 0.294 e. The topological polar surface area (TPSA) is 16.1 Å². The molecule has 0 aliphatic carbocycles. The van der Waals surface area contributed by atoms with E-state index in [1.165, 1.54) is 0 Å².